The first-order valence-electron chi connectivity index (χ1n) is 10.5. The van der Waals surface area contributed by atoms with E-state index >= 15 is 0 Å². The highest BCUT2D eigenvalue weighted by Crippen LogP contribution is 2.41. The first-order chi connectivity index (χ1) is 15.5. The van der Waals surface area contributed by atoms with E-state index in [0.717, 1.165) is 22.4 Å². The molecule has 1 atom stereocenters. The molecule has 0 aromatic heterocycles. The summed E-state index contributed by atoms with van der Waals surface area (Å²) in [5.41, 5.74) is 3.12. The molecule has 0 saturated carbocycles. The van der Waals surface area contributed by atoms with Crippen LogP contribution in [0.25, 0.3) is 10.8 Å². The zero-order valence-electron chi connectivity index (χ0n) is 17.3. The number of amides is 2. The molecule has 2 amide bonds. The van der Waals surface area contributed by atoms with Gasteiger partial charge in [0.05, 0.1) is 5.69 Å². The van der Waals surface area contributed by atoms with E-state index in [-0.39, 0.29) is 23.9 Å². The number of carbonyl (C=O) groups is 2. The monoisotopic (exact) mass is 433 g/mol. The first kappa shape index (κ1) is 20.3. The van der Waals surface area contributed by atoms with Crippen LogP contribution in [0.3, 0.4) is 0 Å². The number of allylic oxidation sites excluding steroid dienone is 1. The van der Waals surface area contributed by atoms with Crippen LogP contribution >= 0.6 is 0 Å². The lowest BCUT2D eigenvalue weighted by Crippen LogP contribution is -2.51. The van der Waals surface area contributed by atoms with E-state index < -0.39 is 17.7 Å². The second-order valence-electron chi connectivity index (χ2n) is 8.11. The van der Waals surface area contributed by atoms with Gasteiger partial charge >= 0.3 is 0 Å². The number of rotatable bonds is 5. The lowest BCUT2D eigenvalue weighted by atomic mass is 10.00. The Hall–Kier alpha value is -3.58. The molecule has 1 fully saturated rings. The molecule has 5 nitrogen and oxygen atoms in total. The van der Waals surface area contributed by atoms with Crippen LogP contribution in [0.15, 0.2) is 60.8 Å². The lowest BCUT2D eigenvalue weighted by molar-refractivity contribution is -0.122. The molecule has 0 bridgehead atoms. The van der Waals surface area contributed by atoms with Crippen molar-refractivity contribution in [1.82, 2.24) is 10.6 Å². The van der Waals surface area contributed by atoms with Crippen molar-refractivity contribution in [2.45, 2.75) is 32.0 Å². The number of hydrogen-bond donors (Lipinski definition) is 2. The SMILES string of the molecule is C=C1CCC(N2C(=O)c3ccc(CNCc4cccc(F)c4F)c4cccc2c34)C(=O)N1. The fourth-order valence-corrected chi connectivity index (χ4v) is 4.55. The second-order valence-corrected chi connectivity index (χ2v) is 8.11. The maximum atomic E-state index is 13.9. The zero-order chi connectivity index (χ0) is 22.4. The molecule has 162 valence electrons. The number of nitrogens with one attached hydrogen (secondary N) is 2. The van der Waals surface area contributed by atoms with Crippen LogP contribution in [0.4, 0.5) is 14.5 Å². The predicted molar refractivity (Wildman–Crippen MR) is 118 cm³/mol. The minimum absolute atomic E-state index is 0.170. The number of benzene rings is 3. The third kappa shape index (κ3) is 3.26. The highest BCUT2D eigenvalue weighted by molar-refractivity contribution is 6.27. The molecule has 1 saturated heterocycles. The van der Waals surface area contributed by atoms with Crippen LogP contribution in [0.5, 0.6) is 0 Å². The maximum absolute atomic E-state index is 13.9. The average molecular weight is 433 g/mol. The Bertz CT molecular complexity index is 1290. The van der Waals surface area contributed by atoms with E-state index in [4.69, 9.17) is 0 Å². The number of halogens is 2. The van der Waals surface area contributed by atoms with Gasteiger partial charge in [0.1, 0.15) is 6.04 Å². The number of anilines is 1. The van der Waals surface area contributed by atoms with E-state index in [0.29, 0.717) is 36.3 Å². The van der Waals surface area contributed by atoms with Gasteiger partial charge < -0.3 is 10.6 Å². The summed E-state index contributed by atoms with van der Waals surface area (Å²) < 4.78 is 27.4. The molecule has 0 aliphatic carbocycles. The van der Waals surface area contributed by atoms with E-state index in [2.05, 4.69) is 17.2 Å². The van der Waals surface area contributed by atoms with Crippen molar-refractivity contribution in [3.63, 3.8) is 0 Å². The summed E-state index contributed by atoms with van der Waals surface area (Å²) in [6.07, 6.45) is 1.15. The standard InChI is InChI=1S/C25H21F2N3O2/c1-14-8-11-21(24(31)29-14)30-20-7-3-5-17-15(9-10-18(22(17)20)25(30)32)12-28-13-16-4-2-6-19(26)23(16)27/h2-7,9-10,21,28H,1,8,11-13H2,(H,29,31). The summed E-state index contributed by atoms with van der Waals surface area (Å²) in [6, 6.07) is 12.8. The van der Waals surface area contributed by atoms with Crippen LogP contribution < -0.4 is 15.5 Å². The quantitative estimate of drug-likeness (QED) is 0.635. The van der Waals surface area contributed by atoms with Crippen molar-refractivity contribution in [1.29, 1.82) is 0 Å². The molecule has 2 aliphatic rings. The summed E-state index contributed by atoms with van der Waals surface area (Å²) in [7, 11) is 0. The first-order valence-corrected chi connectivity index (χ1v) is 10.5. The normalized spacial score (nSPS) is 17.9. The number of nitrogens with zero attached hydrogens (tertiary/aromatic N) is 1. The minimum Gasteiger partial charge on any atom is -0.329 e. The fraction of sp³-hybridized carbons (Fsp3) is 0.200. The highest BCUT2D eigenvalue weighted by Gasteiger charge is 2.39. The summed E-state index contributed by atoms with van der Waals surface area (Å²) >= 11 is 0. The summed E-state index contributed by atoms with van der Waals surface area (Å²) in [4.78, 5) is 27.4. The molecule has 32 heavy (non-hydrogen) atoms. The predicted octanol–water partition coefficient (Wildman–Crippen LogP) is 4.16. The van der Waals surface area contributed by atoms with Gasteiger partial charge in [0.15, 0.2) is 11.6 Å². The van der Waals surface area contributed by atoms with E-state index in [9.17, 15) is 18.4 Å². The molecular weight excluding hydrogens is 412 g/mol. The van der Waals surface area contributed by atoms with Gasteiger partial charge in [-0.2, -0.15) is 0 Å². The van der Waals surface area contributed by atoms with Gasteiger partial charge in [0, 0.05) is 35.3 Å². The summed E-state index contributed by atoms with van der Waals surface area (Å²) in [5.74, 6) is -2.14. The Kier molecular flexibility index (Phi) is 4.98. The third-order valence-corrected chi connectivity index (χ3v) is 6.11. The highest BCUT2D eigenvalue weighted by atomic mass is 19.2. The molecule has 3 aromatic carbocycles. The van der Waals surface area contributed by atoms with Crippen molar-refractivity contribution < 1.29 is 18.4 Å². The lowest BCUT2D eigenvalue weighted by Gasteiger charge is -2.31. The Balaban J connectivity index is 1.44. The van der Waals surface area contributed by atoms with Gasteiger partial charge in [-0.3, -0.25) is 14.5 Å². The molecule has 5 rings (SSSR count). The molecule has 0 spiro atoms. The van der Waals surface area contributed by atoms with Crippen molar-refractivity contribution >= 4 is 28.3 Å². The smallest absolute Gasteiger partial charge is 0.259 e. The Morgan fingerprint density at radius 1 is 1.03 bits per heavy atom. The Morgan fingerprint density at radius 3 is 2.62 bits per heavy atom. The number of piperidine rings is 1. The van der Waals surface area contributed by atoms with Gasteiger partial charge in [-0.15, -0.1) is 0 Å². The molecule has 1 unspecified atom stereocenters. The van der Waals surface area contributed by atoms with Gasteiger partial charge in [0.2, 0.25) is 5.91 Å². The molecule has 2 N–H and O–H groups in total. The van der Waals surface area contributed by atoms with Crippen molar-refractivity contribution in [2.75, 3.05) is 4.90 Å². The summed E-state index contributed by atoms with van der Waals surface area (Å²) in [6.45, 7) is 4.39. The van der Waals surface area contributed by atoms with Crippen LogP contribution in [0.1, 0.15) is 34.3 Å². The molecule has 0 radical (unpaired) electrons. The number of carbonyl (C=O) groups excluding carboxylic acids is 2. The van der Waals surface area contributed by atoms with Gasteiger partial charge in [-0.05, 0) is 42.0 Å². The van der Waals surface area contributed by atoms with Gasteiger partial charge in [0.25, 0.3) is 5.91 Å². The Morgan fingerprint density at radius 2 is 1.81 bits per heavy atom. The molecule has 3 aromatic rings. The van der Waals surface area contributed by atoms with E-state index in [1.54, 1.807) is 17.0 Å². The molecule has 2 heterocycles. The summed E-state index contributed by atoms with van der Waals surface area (Å²) in [5, 5.41) is 7.61. The minimum atomic E-state index is -0.872. The maximum Gasteiger partial charge on any atom is 0.259 e. The molecule has 7 heteroatoms. The largest absolute Gasteiger partial charge is 0.329 e. The molecular formula is C25H21F2N3O2. The van der Waals surface area contributed by atoms with Crippen molar-refractivity contribution in [3.05, 3.63) is 89.1 Å². The van der Waals surface area contributed by atoms with Crippen molar-refractivity contribution in [3.8, 4) is 0 Å². The van der Waals surface area contributed by atoms with Gasteiger partial charge in [-0.25, -0.2) is 8.78 Å². The second kappa shape index (κ2) is 7.84. The Labute approximate surface area is 183 Å². The topological polar surface area (TPSA) is 61.4 Å². The third-order valence-electron chi connectivity index (χ3n) is 6.11. The van der Waals surface area contributed by atoms with E-state index in [1.165, 1.54) is 6.07 Å². The van der Waals surface area contributed by atoms with Crippen LogP contribution in [-0.2, 0) is 17.9 Å². The molecule has 2 aliphatic heterocycles. The van der Waals surface area contributed by atoms with Crippen molar-refractivity contribution in [2.24, 2.45) is 0 Å². The van der Waals surface area contributed by atoms with Crippen LogP contribution in [0.2, 0.25) is 0 Å². The zero-order valence-corrected chi connectivity index (χ0v) is 17.3. The van der Waals surface area contributed by atoms with Crippen LogP contribution in [0, 0.1) is 11.6 Å². The van der Waals surface area contributed by atoms with E-state index in [1.807, 2.05) is 24.3 Å². The number of hydrogen-bond acceptors (Lipinski definition) is 3. The van der Waals surface area contributed by atoms with Crippen LogP contribution in [-0.4, -0.2) is 17.9 Å². The average Bonchev–Trinajstić information content (AvgIpc) is 3.06. The fourth-order valence-electron chi connectivity index (χ4n) is 4.55. The van der Waals surface area contributed by atoms with Gasteiger partial charge in [-0.1, -0.05) is 36.9 Å².